The highest BCUT2D eigenvalue weighted by Gasteiger charge is 2.32. The van der Waals surface area contributed by atoms with Gasteiger partial charge in [0.05, 0.1) is 13.2 Å². The van der Waals surface area contributed by atoms with Gasteiger partial charge in [0, 0.05) is 5.41 Å². The number of aliphatic hydroxyl groups excluding tert-OH is 2. The van der Waals surface area contributed by atoms with Crippen LogP contribution in [0.15, 0.2) is 12.1 Å². The predicted octanol–water partition coefficient (Wildman–Crippen LogP) is 6.25. The molecule has 29 heavy (non-hydrogen) atoms. The Morgan fingerprint density at radius 1 is 0.724 bits per heavy atom. The third kappa shape index (κ3) is 7.61. The molecule has 0 aliphatic rings. The van der Waals surface area contributed by atoms with Crippen LogP contribution in [0.5, 0.6) is 5.75 Å². The second kappa shape index (κ2) is 10.8. The van der Waals surface area contributed by atoms with Crippen LogP contribution in [0.2, 0.25) is 0 Å². The number of unbranched alkanes of at least 4 members (excludes halogenated alkanes) is 5. The lowest BCUT2D eigenvalue weighted by molar-refractivity contribution is 0.0449. The van der Waals surface area contributed by atoms with Crippen LogP contribution in [-0.4, -0.2) is 28.5 Å². The first-order chi connectivity index (χ1) is 13.4. The second-order valence-corrected chi connectivity index (χ2v) is 11.1. The molecule has 0 spiro atoms. The molecule has 0 radical (unpaired) electrons. The summed E-state index contributed by atoms with van der Waals surface area (Å²) in [7, 11) is 0. The molecule has 1 rings (SSSR count). The normalized spacial score (nSPS) is 13.1. The minimum Gasteiger partial charge on any atom is -0.507 e. The Kier molecular flexibility index (Phi) is 9.69. The summed E-state index contributed by atoms with van der Waals surface area (Å²) in [5.74, 6) is 0.378. The largest absolute Gasteiger partial charge is 0.507 e. The average Bonchev–Trinajstić information content (AvgIpc) is 2.63. The van der Waals surface area contributed by atoms with E-state index in [1.807, 2.05) is 0 Å². The molecular formula is C26H46O3. The van der Waals surface area contributed by atoms with Crippen LogP contribution in [0.1, 0.15) is 110 Å². The summed E-state index contributed by atoms with van der Waals surface area (Å²) in [6.45, 7) is 14.8. The highest BCUT2D eigenvalue weighted by Crippen LogP contribution is 2.41. The Morgan fingerprint density at radius 3 is 1.59 bits per heavy atom. The summed E-state index contributed by atoms with van der Waals surface area (Å²) in [6.07, 6.45) is 8.64. The number of phenolic OH excluding ortho intramolecular Hbond substituents is 1. The Balaban J connectivity index is 3.13. The number of aliphatic hydroxyl groups is 2. The smallest absolute Gasteiger partial charge is 0.123 e. The molecule has 0 saturated heterocycles. The van der Waals surface area contributed by atoms with E-state index in [-0.39, 0.29) is 24.0 Å². The Morgan fingerprint density at radius 2 is 1.17 bits per heavy atom. The van der Waals surface area contributed by atoms with Crippen molar-refractivity contribution in [3.63, 3.8) is 0 Å². The maximum atomic E-state index is 10.9. The van der Waals surface area contributed by atoms with Crippen LogP contribution in [0.4, 0.5) is 0 Å². The Bertz CT molecular complexity index is 581. The van der Waals surface area contributed by atoms with E-state index in [0.717, 1.165) is 36.0 Å². The summed E-state index contributed by atoms with van der Waals surface area (Å²) in [6, 6.07) is 4.15. The van der Waals surface area contributed by atoms with Gasteiger partial charge in [0.25, 0.3) is 0 Å². The van der Waals surface area contributed by atoms with Gasteiger partial charge in [0.15, 0.2) is 0 Å². The fourth-order valence-corrected chi connectivity index (χ4v) is 4.06. The van der Waals surface area contributed by atoms with Gasteiger partial charge in [-0.1, -0.05) is 99.1 Å². The number of hydrogen-bond donors (Lipinski definition) is 3. The van der Waals surface area contributed by atoms with Crippen molar-refractivity contribution in [1.82, 2.24) is 0 Å². The van der Waals surface area contributed by atoms with Crippen LogP contribution in [0.3, 0.4) is 0 Å². The minimum absolute atomic E-state index is 0.0188. The average molecular weight is 407 g/mol. The van der Waals surface area contributed by atoms with Gasteiger partial charge in [-0.15, -0.1) is 0 Å². The lowest BCUT2D eigenvalue weighted by Crippen LogP contribution is -2.33. The predicted molar refractivity (Wildman–Crippen MR) is 124 cm³/mol. The van der Waals surface area contributed by atoms with Gasteiger partial charge in [-0.2, -0.15) is 0 Å². The van der Waals surface area contributed by atoms with Crippen LogP contribution in [0.25, 0.3) is 0 Å². The van der Waals surface area contributed by atoms with E-state index in [0.29, 0.717) is 12.2 Å². The molecule has 0 bridgehead atoms. The van der Waals surface area contributed by atoms with Crippen molar-refractivity contribution in [3.05, 3.63) is 28.8 Å². The van der Waals surface area contributed by atoms with Gasteiger partial charge in [-0.25, -0.2) is 0 Å². The molecule has 0 amide bonds. The van der Waals surface area contributed by atoms with Gasteiger partial charge in [-0.05, 0) is 40.4 Å². The van der Waals surface area contributed by atoms with Crippen molar-refractivity contribution in [3.8, 4) is 5.75 Å². The van der Waals surface area contributed by atoms with Gasteiger partial charge < -0.3 is 15.3 Å². The summed E-state index contributed by atoms with van der Waals surface area (Å²) in [5, 5.41) is 31.3. The second-order valence-electron chi connectivity index (χ2n) is 11.1. The molecule has 0 heterocycles. The van der Waals surface area contributed by atoms with Crippen LogP contribution in [0, 0.1) is 5.41 Å². The first-order valence-electron chi connectivity index (χ1n) is 11.5. The third-order valence-electron chi connectivity index (χ3n) is 6.10. The lowest BCUT2D eigenvalue weighted by atomic mass is 9.74. The fourth-order valence-electron chi connectivity index (χ4n) is 4.06. The summed E-state index contributed by atoms with van der Waals surface area (Å²) in [4.78, 5) is 0. The van der Waals surface area contributed by atoms with E-state index in [4.69, 9.17) is 0 Å². The van der Waals surface area contributed by atoms with E-state index in [1.54, 1.807) is 0 Å². The number of phenols is 1. The Labute approximate surface area is 179 Å². The zero-order chi connectivity index (χ0) is 22.3. The van der Waals surface area contributed by atoms with Crippen LogP contribution in [-0.2, 0) is 17.3 Å². The molecule has 1 aromatic carbocycles. The van der Waals surface area contributed by atoms with E-state index >= 15 is 0 Å². The molecule has 3 heteroatoms. The SMILES string of the molecule is CCCCCCCCC(CO)(CO)Cc1cc(C(C)(C)C)c(O)c(C(C)(C)C)c1. The van der Waals surface area contributed by atoms with Crippen LogP contribution >= 0.6 is 0 Å². The molecule has 0 unspecified atom stereocenters. The van der Waals surface area contributed by atoms with Gasteiger partial charge in [0.2, 0.25) is 0 Å². The minimum atomic E-state index is -0.508. The zero-order valence-electron chi connectivity index (χ0n) is 20.1. The third-order valence-corrected chi connectivity index (χ3v) is 6.10. The number of aromatic hydroxyl groups is 1. The summed E-state index contributed by atoms with van der Waals surface area (Å²) >= 11 is 0. The van der Waals surface area contributed by atoms with Crippen molar-refractivity contribution < 1.29 is 15.3 Å². The molecule has 168 valence electrons. The first kappa shape index (κ1) is 26.0. The van der Waals surface area contributed by atoms with Crippen LogP contribution < -0.4 is 0 Å². The zero-order valence-corrected chi connectivity index (χ0v) is 20.1. The summed E-state index contributed by atoms with van der Waals surface area (Å²) in [5.41, 5.74) is 2.09. The highest BCUT2D eigenvalue weighted by atomic mass is 16.3. The number of rotatable bonds is 11. The highest BCUT2D eigenvalue weighted by molar-refractivity contribution is 5.50. The molecule has 0 aliphatic heterocycles. The number of benzene rings is 1. The van der Waals surface area contributed by atoms with Gasteiger partial charge >= 0.3 is 0 Å². The monoisotopic (exact) mass is 406 g/mol. The first-order valence-corrected chi connectivity index (χ1v) is 11.5. The van der Waals surface area contributed by atoms with Crippen molar-refractivity contribution in [2.24, 2.45) is 5.41 Å². The molecule has 0 fully saturated rings. The molecule has 3 nitrogen and oxygen atoms in total. The fraction of sp³-hybridized carbons (Fsp3) is 0.769. The van der Waals surface area contributed by atoms with Crippen molar-refractivity contribution in [2.45, 2.75) is 111 Å². The van der Waals surface area contributed by atoms with Crippen molar-refractivity contribution in [1.29, 1.82) is 0 Å². The molecule has 0 saturated carbocycles. The van der Waals surface area contributed by atoms with Gasteiger partial charge in [-0.3, -0.25) is 0 Å². The molecule has 0 aromatic heterocycles. The van der Waals surface area contributed by atoms with E-state index in [1.165, 1.54) is 25.7 Å². The lowest BCUT2D eigenvalue weighted by Gasteiger charge is -2.33. The van der Waals surface area contributed by atoms with Crippen molar-refractivity contribution in [2.75, 3.05) is 13.2 Å². The maximum absolute atomic E-state index is 10.9. The van der Waals surface area contributed by atoms with E-state index in [9.17, 15) is 15.3 Å². The molecule has 0 atom stereocenters. The molecule has 3 N–H and O–H groups in total. The van der Waals surface area contributed by atoms with E-state index < -0.39 is 5.41 Å². The van der Waals surface area contributed by atoms with Crippen molar-refractivity contribution >= 4 is 0 Å². The topological polar surface area (TPSA) is 60.7 Å². The van der Waals surface area contributed by atoms with E-state index in [2.05, 4.69) is 60.6 Å². The Hall–Kier alpha value is -1.06. The maximum Gasteiger partial charge on any atom is 0.123 e. The quantitative estimate of drug-likeness (QED) is 0.381. The van der Waals surface area contributed by atoms with Gasteiger partial charge in [0.1, 0.15) is 5.75 Å². The molecule has 0 aliphatic carbocycles. The standard InChI is InChI=1S/C26H46O3/c1-8-9-10-11-12-13-14-26(18-27,19-28)17-20-15-21(24(2,3)4)23(29)22(16-20)25(5,6)7/h15-16,27-29H,8-14,17-19H2,1-7H3. The number of hydrogen-bond acceptors (Lipinski definition) is 3. The molecule has 1 aromatic rings. The molecular weight excluding hydrogens is 360 g/mol. The summed E-state index contributed by atoms with van der Waals surface area (Å²) < 4.78 is 0.